The summed E-state index contributed by atoms with van der Waals surface area (Å²) in [6.07, 6.45) is 3.38. The second-order valence-electron chi connectivity index (χ2n) is 9.17. The summed E-state index contributed by atoms with van der Waals surface area (Å²) >= 11 is 0. The average Bonchev–Trinajstić information content (AvgIpc) is 3.48. The lowest BCUT2D eigenvalue weighted by Crippen LogP contribution is -2.27. The lowest BCUT2D eigenvalue weighted by atomic mass is 9.92. The number of urea groups is 1. The molecule has 4 rings (SSSR count). The molecule has 0 spiro atoms. The maximum absolute atomic E-state index is 12.7. The van der Waals surface area contributed by atoms with Crippen LogP contribution in [0.5, 0.6) is 0 Å². The highest BCUT2D eigenvalue weighted by atomic mass is 16.2. The van der Waals surface area contributed by atoms with Crippen molar-refractivity contribution in [2.75, 3.05) is 10.6 Å². The Morgan fingerprint density at radius 2 is 1.74 bits per heavy atom. The van der Waals surface area contributed by atoms with Gasteiger partial charge in [0.25, 0.3) is 0 Å². The zero-order valence-corrected chi connectivity index (χ0v) is 20.0. The molecule has 3 N–H and O–H groups in total. The van der Waals surface area contributed by atoms with Gasteiger partial charge in [-0.1, -0.05) is 51.1 Å². The number of aromatic nitrogens is 4. The Hall–Kier alpha value is -4.40. The maximum atomic E-state index is 12.7. The normalized spacial score (nSPS) is 11.2. The SMILES string of the molecule is CC(C)(C)c1cc(NC(=O)Nc2ccccc2)n(-c2cccc(CNC(=O)Cn3cccn3)c2)n1. The Morgan fingerprint density at radius 1 is 0.943 bits per heavy atom. The first-order valence-electron chi connectivity index (χ1n) is 11.3. The number of anilines is 2. The average molecular weight is 472 g/mol. The molecule has 180 valence electrons. The quantitative estimate of drug-likeness (QED) is 0.373. The molecular weight excluding hydrogens is 442 g/mol. The van der Waals surface area contributed by atoms with Gasteiger partial charge in [0.1, 0.15) is 12.4 Å². The fourth-order valence-electron chi connectivity index (χ4n) is 3.43. The van der Waals surface area contributed by atoms with Gasteiger partial charge >= 0.3 is 6.03 Å². The molecular formula is C26H29N7O2. The van der Waals surface area contributed by atoms with Gasteiger partial charge < -0.3 is 10.6 Å². The van der Waals surface area contributed by atoms with Gasteiger partial charge in [0.2, 0.25) is 5.91 Å². The molecule has 0 saturated carbocycles. The van der Waals surface area contributed by atoms with Gasteiger partial charge in [0.15, 0.2) is 0 Å². The molecule has 0 saturated heterocycles. The van der Waals surface area contributed by atoms with Crippen LogP contribution in [0.15, 0.2) is 79.1 Å². The summed E-state index contributed by atoms with van der Waals surface area (Å²) in [6, 6.07) is 20.2. The van der Waals surface area contributed by atoms with Crippen LogP contribution >= 0.6 is 0 Å². The van der Waals surface area contributed by atoms with Crippen LogP contribution < -0.4 is 16.0 Å². The van der Waals surface area contributed by atoms with Gasteiger partial charge in [-0.2, -0.15) is 10.2 Å². The molecule has 9 heteroatoms. The molecule has 0 radical (unpaired) electrons. The van der Waals surface area contributed by atoms with Gasteiger partial charge in [-0.25, -0.2) is 9.48 Å². The van der Waals surface area contributed by atoms with Crippen LogP contribution in [0.3, 0.4) is 0 Å². The van der Waals surface area contributed by atoms with E-state index in [0.717, 1.165) is 16.9 Å². The van der Waals surface area contributed by atoms with Crippen LogP contribution in [0, 0.1) is 0 Å². The number of benzene rings is 2. The third kappa shape index (κ3) is 6.35. The molecule has 2 aromatic carbocycles. The lowest BCUT2D eigenvalue weighted by molar-refractivity contribution is -0.122. The van der Waals surface area contributed by atoms with E-state index < -0.39 is 0 Å². The topological polar surface area (TPSA) is 106 Å². The first kappa shape index (κ1) is 23.7. The summed E-state index contributed by atoms with van der Waals surface area (Å²) < 4.78 is 3.28. The van der Waals surface area contributed by atoms with Crippen molar-refractivity contribution in [3.8, 4) is 5.69 Å². The summed E-state index contributed by atoms with van der Waals surface area (Å²) in [5.74, 6) is 0.413. The summed E-state index contributed by atoms with van der Waals surface area (Å²) in [5, 5.41) is 17.5. The van der Waals surface area contributed by atoms with Crippen molar-refractivity contribution in [1.29, 1.82) is 0 Å². The standard InChI is InChI=1S/C26H29N7O2/c1-26(2,3)22-16-23(30-25(35)29-20-10-5-4-6-11-20)33(31-22)21-12-7-9-19(15-21)17-27-24(34)18-32-14-8-13-28-32/h4-16H,17-18H2,1-3H3,(H,27,34)(H2,29,30,35). The Morgan fingerprint density at radius 3 is 2.46 bits per heavy atom. The third-order valence-corrected chi connectivity index (χ3v) is 5.26. The predicted molar refractivity (Wildman–Crippen MR) is 135 cm³/mol. The van der Waals surface area contributed by atoms with Crippen molar-refractivity contribution in [1.82, 2.24) is 24.9 Å². The van der Waals surface area contributed by atoms with Crippen molar-refractivity contribution in [3.05, 3.63) is 90.4 Å². The molecule has 3 amide bonds. The number of carbonyl (C=O) groups excluding carboxylic acids is 2. The number of nitrogens with zero attached hydrogens (tertiary/aromatic N) is 4. The first-order valence-corrected chi connectivity index (χ1v) is 11.3. The van der Waals surface area contributed by atoms with Crippen molar-refractivity contribution in [3.63, 3.8) is 0 Å². The number of carbonyl (C=O) groups is 2. The molecule has 0 atom stereocenters. The molecule has 0 aliphatic carbocycles. The van der Waals surface area contributed by atoms with E-state index in [1.54, 1.807) is 27.8 Å². The van der Waals surface area contributed by atoms with E-state index in [2.05, 4.69) is 41.8 Å². The minimum Gasteiger partial charge on any atom is -0.350 e. The fraction of sp³-hybridized carbons (Fsp3) is 0.231. The first-order chi connectivity index (χ1) is 16.8. The van der Waals surface area contributed by atoms with E-state index in [1.165, 1.54) is 0 Å². The summed E-state index contributed by atoms with van der Waals surface area (Å²) in [6.45, 7) is 6.72. The summed E-state index contributed by atoms with van der Waals surface area (Å²) in [5.41, 5.74) is 3.00. The summed E-state index contributed by atoms with van der Waals surface area (Å²) in [7, 11) is 0. The Balaban J connectivity index is 1.52. The Bertz CT molecular complexity index is 1290. The van der Waals surface area contributed by atoms with E-state index in [-0.39, 0.29) is 23.9 Å². The Labute approximate surface area is 204 Å². The molecule has 0 unspecified atom stereocenters. The molecule has 2 aromatic heterocycles. The molecule has 2 heterocycles. The highest BCUT2D eigenvalue weighted by Crippen LogP contribution is 2.27. The second kappa shape index (κ2) is 10.3. The van der Waals surface area contributed by atoms with Crippen molar-refractivity contribution in [2.45, 2.75) is 39.3 Å². The summed E-state index contributed by atoms with van der Waals surface area (Å²) in [4.78, 5) is 24.9. The Kier molecular flexibility index (Phi) is 6.96. The number of amides is 3. The largest absolute Gasteiger partial charge is 0.350 e. The molecule has 0 bridgehead atoms. The van der Waals surface area contributed by atoms with Crippen LogP contribution in [0.4, 0.5) is 16.3 Å². The number of rotatable bonds is 7. The molecule has 35 heavy (non-hydrogen) atoms. The lowest BCUT2D eigenvalue weighted by Gasteiger charge is -2.14. The van der Waals surface area contributed by atoms with E-state index in [0.29, 0.717) is 18.1 Å². The number of hydrogen-bond acceptors (Lipinski definition) is 4. The van der Waals surface area contributed by atoms with Crippen molar-refractivity contribution in [2.24, 2.45) is 0 Å². The van der Waals surface area contributed by atoms with Crippen LogP contribution in [-0.2, 0) is 23.3 Å². The molecule has 9 nitrogen and oxygen atoms in total. The van der Waals surface area contributed by atoms with Crippen molar-refractivity contribution >= 4 is 23.4 Å². The fourth-order valence-corrected chi connectivity index (χ4v) is 3.43. The number of hydrogen-bond donors (Lipinski definition) is 3. The molecule has 0 fully saturated rings. The molecule has 0 aliphatic heterocycles. The highest BCUT2D eigenvalue weighted by molar-refractivity contribution is 5.99. The van der Waals surface area contributed by atoms with Crippen LogP contribution in [0.2, 0.25) is 0 Å². The zero-order chi connectivity index (χ0) is 24.8. The van der Waals surface area contributed by atoms with Gasteiger partial charge in [-0.3, -0.25) is 14.8 Å². The smallest absolute Gasteiger partial charge is 0.324 e. The van der Waals surface area contributed by atoms with Gasteiger partial charge in [-0.05, 0) is 35.9 Å². The van der Waals surface area contributed by atoms with Gasteiger partial charge in [-0.15, -0.1) is 0 Å². The van der Waals surface area contributed by atoms with E-state index in [4.69, 9.17) is 5.10 Å². The van der Waals surface area contributed by atoms with E-state index in [9.17, 15) is 9.59 Å². The minimum atomic E-state index is -0.361. The molecule has 4 aromatic rings. The van der Waals surface area contributed by atoms with Crippen LogP contribution in [0.25, 0.3) is 5.69 Å². The van der Waals surface area contributed by atoms with Crippen LogP contribution in [0.1, 0.15) is 32.0 Å². The van der Waals surface area contributed by atoms with Gasteiger partial charge in [0.05, 0.1) is 11.4 Å². The molecule has 0 aliphatic rings. The minimum absolute atomic E-state index is 0.131. The highest BCUT2D eigenvalue weighted by Gasteiger charge is 2.21. The number of para-hydroxylation sites is 1. The monoisotopic (exact) mass is 471 g/mol. The van der Waals surface area contributed by atoms with Crippen molar-refractivity contribution < 1.29 is 9.59 Å². The van der Waals surface area contributed by atoms with E-state index >= 15 is 0 Å². The van der Waals surface area contributed by atoms with E-state index in [1.807, 2.05) is 60.7 Å². The third-order valence-electron chi connectivity index (χ3n) is 5.26. The maximum Gasteiger partial charge on any atom is 0.324 e. The number of nitrogens with one attached hydrogen (secondary N) is 3. The van der Waals surface area contributed by atoms with Crippen LogP contribution in [-0.4, -0.2) is 31.5 Å². The zero-order valence-electron chi connectivity index (χ0n) is 20.0. The second-order valence-corrected chi connectivity index (χ2v) is 9.17. The predicted octanol–water partition coefficient (Wildman–Crippen LogP) is 4.33. The van der Waals surface area contributed by atoms with Gasteiger partial charge in [0, 0.05) is 36.1 Å².